The minimum atomic E-state index is 0.703. The molecular formula is C10H12N4S. The first kappa shape index (κ1) is 10.0. The van der Waals surface area contributed by atoms with Crippen molar-refractivity contribution < 1.29 is 0 Å². The summed E-state index contributed by atoms with van der Waals surface area (Å²) in [6.07, 6.45) is 7.24. The number of imidazole rings is 1. The summed E-state index contributed by atoms with van der Waals surface area (Å²) in [7, 11) is 0. The molecule has 0 atom stereocenters. The molecule has 0 radical (unpaired) electrons. The quantitative estimate of drug-likeness (QED) is 0.796. The predicted molar refractivity (Wildman–Crippen MR) is 61.6 cm³/mol. The van der Waals surface area contributed by atoms with Gasteiger partial charge >= 0.3 is 0 Å². The number of anilines is 1. The topological polar surface area (TPSA) is 56.7 Å². The maximum atomic E-state index is 5.55. The van der Waals surface area contributed by atoms with Gasteiger partial charge in [0.2, 0.25) is 0 Å². The van der Waals surface area contributed by atoms with Crippen LogP contribution in [0.5, 0.6) is 0 Å². The van der Waals surface area contributed by atoms with E-state index in [0.717, 1.165) is 17.3 Å². The van der Waals surface area contributed by atoms with E-state index in [2.05, 4.69) is 9.97 Å². The van der Waals surface area contributed by atoms with Crippen molar-refractivity contribution in [1.82, 2.24) is 14.5 Å². The van der Waals surface area contributed by atoms with Gasteiger partial charge in [-0.05, 0) is 12.1 Å². The van der Waals surface area contributed by atoms with Crippen LogP contribution in [0.25, 0.3) is 0 Å². The van der Waals surface area contributed by atoms with Crippen molar-refractivity contribution in [1.29, 1.82) is 0 Å². The third-order valence-electron chi connectivity index (χ3n) is 1.92. The van der Waals surface area contributed by atoms with Gasteiger partial charge in [0, 0.05) is 24.7 Å². The van der Waals surface area contributed by atoms with Crippen LogP contribution in [0, 0.1) is 0 Å². The van der Waals surface area contributed by atoms with Gasteiger partial charge in [-0.3, -0.25) is 0 Å². The molecule has 2 heterocycles. The third-order valence-corrected chi connectivity index (χ3v) is 2.84. The molecule has 0 saturated carbocycles. The van der Waals surface area contributed by atoms with Gasteiger partial charge in [-0.2, -0.15) is 0 Å². The highest BCUT2D eigenvalue weighted by Crippen LogP contribution is 2.15. The van der Waals surface area contributed by atoms with Gasteiger partial charge in [0.25, 0.3) is 0 Å². The molecule has 2 aromatic rings. The van der Waals surface area contributed by atoms with Gasteiger partial charge < -0.3 is 10.3 Å². The van der Waals surface area contributed by atoms with E-state index in [1.807, 2.05) is 29.2 Å². The van der Waals surface area contributed by atoms with Crippen LogP contribution in [-0.4, -0.2) is 20.3 Å². The van der Waals surface area contributed by atoms with Crippen LogP contribution in [0.15, 0.2) is 42.1 Å². The number of pyridine rings is 1. The molecule has 5 heteroatoms. The molecule has 0 bridgehead atoms. The van der Waals surface area contributed by atoms with Crippen molar-refractivity contribution in [2.24, 2.45) is 0 Å². The summed E-state index contributed by atoms with van der Waals surface area (Å²) in [5.74, 6) is 0.979. The number of hydrogen-bond acceptors (Lipinski definition) is 4. The number of nitrogens with two attached hydrogens (primary N) is 1. The minimum absolute atomic E-state index is 0.703. The van der Waals surface area contributed by atoms with Crippen LogP contribution in [0.1, 0.15) is 0 Å². The number of nitrogen functional groups attached to an aromatic ring is 1. The fourth-order valence-electron chi connectivity index (χ4n) is 1.15. The second kappa shape index (κ2) is 4.84. The number of nitrogens with zero attached hydrogens (tertiary/aromatic N) is 3. The highest BCUT2D eigenvalue weighted by molar-refractivity contribution is 7.99. The number of thioether (sulfide) groups is 1. The van der Waals surface area contributed by atoms with Gasteiger partial charge in [-0.1, -0.05) is 0 Å². The molecule has 0 aliphatic heterocycles. The van der Waals surface area contributed by atoms with Crippen molar-refractivity contribution in [2.75, 3.05) is 11.5 Å². The van der Waals surface area contributed by atoms with E-state index in [1.54, 1.807) is 24.2 Å². The minimum Gasteiger partial charge on any atom is -0.397 e. The van der Waals surface area contributed by atoms with Gasteiger partial charge in [-0.15, -0.1) is 11.8 Å². The highest BCUT2D eigenvalue weighted by atomic mass is 32.2. The van der Waals surface area contributed by atoms with Gasteiger partial charge in [0.1, 0.15) is 0 Å². The van der Waals surface area contributed by atoms with E-state index in [-0.39, 0.29) is 0 Å². The zero-order valence-corrected chi connectivity index (χ0v) is 9.02. The molecular weight excluding hydrogens is 208 g/mol. The molecule has 78 valence electrons. The molecule has 2 N–H and O–H groups in total. The Morgan fingerprint density at radius 3 is 3.00 bits per heavy atom. The summed E-state index contributed by atoms with van der Waals surface area (Å²) in [5.41, 5.74) is 6.25. The van der Waals surface area contributed by atoms with Crippen LogP contribution >= 0.6 is 11.8 Å². The fourth-order valence-corrected chi connectivity index (χ4v) is 1.95. The van der Waals surface area contributed by atoms with Crippen LogP contribution in [0.3, 0.4) is 0 Å². The molecule has 2 aromatic heterocycles. The first-order chi connectivity index (χ1) is 7.34. The van der Waals surface area contributed by atoms with Gasteiger partial charge in [0.15, 0.2) is 0 Å². The Kier molecular flexibility index (Phi) is 3.24. The van der Waals surface area contributed by atoms with Crippen LogP contribution < -0.4 is 5.73 Å². The van der Waals surface area contributed by atoms with Crippen LogP contribution in [0.4, 0.5) is 5.69 Å². The number of aromatic nitrogens is 3. The summed E-state index contributed by atoms with van der Waals surface area (Å²) in [4.78, 5) is 8.19. The zero-order chi connectivity index (χ0) is 10.5. The number of rotatable bonds is 4. The Morgan fingerprint density at radius 1 is 1.40 bits per heavy atom. The van der Waals surface area contributed by atoms with E-state index in [4.69, 9.17) is 5.73 Å². The second-order valence-corrected chi connectivity index (χ2v) is 4.19. The SMILES string of the molecule is Nc1ccc(SCCn2ccnc2)nc1. The van der Waals surface area contributed by atoms with E-state index in [1.165, 1.54) is 0 Å². The Balaban J connectivity index is 1.81. The average molecular weight is 220 g/mol. The molecule has 0 unspecified atom stereocenters. The number of hydrogen-bond donors (Lipinski definition) is 1. The lowest BCUT2D eigenvalue weighted by atomic mass is 10.4. The Labute approximate surface area is 92.5 Å². The van der Waals surface area contributed by atoms with Crippen molar-refractivity contribution in [3.05, 3.63) is 37.1 Å². The summed E-state index contributed by atoms with van der Waals surface area (Å²) in [5, 5.41) is 1.00. The molecule has 0 aliphatic rings. The van der Waals surface area contributed by atoms with E-state index in [0.29, 0.717) is 5.69 Å². The largest absolute Gasteiger partial charge is 0.397 e. The first-order valence-corrected chi connectivity index (χ1v) is 5.63. The molecule has 0 fully saturated rings. The molecule has 0 amide bonds. The molecule has 2 rings (SSSR count). The summed E-state index contributed by atoms with van der Waals surface area (Å²) < 4.78 is 2.05. The lowest BCUT2D eigenvalue weighted by Gasteiger charge is -2.02. The summed E-state index contributed by atoms with van der Waals surface area (Å²) in [6.45, 7) is 0.941. The van der Waals surface area contributed by atoms with Crippen LogP contribution in [0.2, 0.25) is 0 Å². The van der Waals surface area contributed by atoms with Gasteiger partial charge in [-0.25, -0.2) is 9.97 Å². The Bertz CT molecular complexity index is 396. The van der Waals surface area contributed by atoms with Crippen molar-refractivity contribution in [3.8, 4) is 0 Å². The Hall–Kier alpha value is -1.49. The fraction of sp³-hybridized carbons (Fsp3) is 0.200. The van der Waals surface area contributed by atoms with E-state index in [9.17, 15) is 0 Å². The lowest BCUT2D eigenvalue weighted by Crippen LogP contribution is -1.97. The van der Waals surface area contributed by atoms with E-state index < -0.39 is 0 Å². The second-order valence-electron chi connectivity index (χ2n) is 3.08. The number of aryl methyl sites for hydroxylation is 1. The first-order valence-electron chi connectivity index (χ1n) is 4.64. The monoisotopic (exact) mass is 220 g/mol. The predicted octanol–water partition coefficient (Wildman–Crippen LogP) is 1.65. The molecule has 0 saturated heterocycles. The zero-order valence-electron chi connectivity index (χ0n) is 8.21. The normalized spacial score (nSPS) is 10.4. The summed E-state index contributed by atoms with van der Waals surface area (Å²) >= 11 is 1.71. The molecule has 4 nitrogen and oxygen atoms in total. The van der Waals surface area contributed by atoms with Gasteiger partial charge in [0.05, 0.1) is 23.2 Å². The maximum Gasteiger partial charge on any atom is 0.0962 e. The smallest absolute Gasteiger partial charge is 0.0962 e. The summed E-state index contributed by atoms with van der Waals surface area (Å²) in [6, 6.07) is 3.81. The molecule has 15 heavy (non-hydrogen) atoms. The maximum absolute atomic E-state index is 5.55. The van der Waals surface area contributed by atoms with Crippen molar-refractivity contribution in [2.45, 2.75) is 11.6 Å². The third kappa shape index (κ3) is 2.99. The average Bonchev–Trinajstić information content (AvgIpc) is 2.74. The van der Waals surface area contributed by atoms with Crippen LogP contribution in [-0.2, 0) is 6.54 Å². The molecule has 0 aromatic carbocycles. The van der Waals surface area contributed by atoms with Crippen molar-refractivity contribution >= 4 is 17.4 Å². The highest BCUT2D eigenvalue weighted by Gasteiger charge is 1.95. The van der Waals surface area contributed by atoms with Crippen molar-refractivity contribution in [3.63, 3.8) is 0 Å². The standard InChI is InChI=1S/C10H12N4S/c11-9-1-2-10(13-7-9)15-6-5-14-4-3-12-8-14/h1-4,7-8H,5-6,11H2. The Morgan fingerprint density at radius 2 is 2.33 bits per heavy atom. The molecule has 0 aliphatic carbocycles. The molecule has 0 spiro atoms. The lowest BCUT2D eigenvalue weighted by molar-refractivity contribution is 0.770. The van der Waals surface area contributed by atoms with E-state index >= 15 is 0 Å².